The Morgan fingerprint density at radius 2 is 1.15 bits per heavy atom. The van der Waals surface area contributed by atoms with Crippen LogP contribution in [0.3, 0.4) is 0 Å². The molecular weight excluding hydrogens is 685 g/mol. The fourth-order valence-electron chi connectivity index (χ4n) is 9.92. The predicted octanol–water partition coefficient (Wildman–Crippen LogP) is 6.34. The number of ketones is 2. The molecule has 2 saturated heterocycles. The Hall–Kier alpha value is -2.60. The topological polar surface area (TPSA) is 124 Å². The second-order valence-electron chi connectivity index (χ2n) is 15.6. The van der Waals surface area contributed by atoms with Gasteiger partial charge in [0.2, 0.25) is 0 Å². The molecule has 2 aromatic heterocycles. The van der Waals surface area contributed by atoms with Crippen LogP contribution in [0.25, 0.3) is 21.8 Å². The Morgan fingerprint density at radius 3 is 1.56 bits per heavy atom. The van der Waals surface area contributed by atoms with Crippen LogP contribution in [-0.4, -0.2) is 106 Å². The highest BCUT2D eigenvalue weighted by Crippen LogP contribution is 2.46. The van der Waals surface area contributed by atoms with Crippen molar-refractivity contribution < 1.29 is 9.59 Å². The molecule has 0 saturated carbocycles. The van der Waals surface area contributed by atoms with Gasteiger partial charge in [0, 0.05) is 71.2 Å². The number of thioether (sulfide) groups is 2. The van der Waals surface area contributed by atoms with E-state index >= 15 is 0 Å². The third-order valence-corrected chi connectivity index (χ3v) is 14.5. The van der Waals surface area contributed by atoms with Gasteiger partial charge in [0.1, 0.15) is 0 Å². The van der Waals surface area contributed by atoms with Gasteiger partial charge in [-0.25, -0.2) is 0 Å². The lowest BCUT2D eigenvalue weighted by Crippen LogP contribution is -2.50. The average molecular weight is 743 g/mol. The molecule has 4 heterocycles. The van der Waals surface area contributed by atoms with Crippen molar-refractivity contribution in [2.24, 2.45) is 23.3 Å². The van der Waals surface area contributed by atoms with Crippen molar-refractivity contribution in [3.63, 3.8) is 0 Å². The largest absolute Gasteiger partial charge is 0.361 e. The summed E-state index contributed by atoms with van der Waals surface area (Å²) in [6.07, 6.45) is 11.6. The summed E-state index contributed by atoms with van der Waals surface area (Å²) in [6.45, 7) is 9.55. The zero-order valence-electron chi connectivity index (χ0n) is 31.1. The van der Waals surface area contributed by atoms with Crippen LogP contribution in [0.1, 0.15) is 73.6 Å². The van der Waals surface area contributed by atoms with Gasteiger partial charge in [-0.15, -0.1) is 0 Å². The summed E-state index contributed by atoms with van der Waals surface area (Å²) < 4.78 is 0. The van der Waals surface area contributed by atoms with Crippen LogP contribution in [0.2, 0.25) is 0 Å². The number of nitrogens with zero attached hydrogens (tertiary/aromatic N) is 2. The number of hydrogen-bond acceptors (Lipinski definition) is 8. The zero-order valence-corrected chi connectivity index (χ0v) is 32.7. The molecule has 8 rings (SSSR count). The van der Waals surface area contributed by atoms with Crippen molar-refractivity contribution in [2.75, 3.05) is 62.3 Å². The molecule has 52 heavy (non-hydrogen) atoms. The van der Waals surface area contributed by atoms with E-state index in [2.05, 4.69) is 82.4 Å². The van der Waals surface area contributed by atoms with E-state index in [1.807, 2.05) is 0 Å². The molecule has 2 aliphatic carbocycles. The van der Waals surface area contributed by atoms with E-state index in [4.69, 9.17) is 11.5 Å². The van der Waals surface area contributed by atoms with Gasteiger partial charge in [0.05, 0.1) is 24.6 Å². The van der Waals surface area contributed by atoms with Crippen LogP contribution in [0, 0.1) is 11.8 Å². The molecule has 0 radical (unpaired) electrons. The maximum absolute atomic E-state index is 11.5. The second-order valence-corrected chi connectivity index (χ2v) is 17.7. The number of carbonyl (C=O) groups excluding carboxylic acids is 2. The standard InChI is InChI=1S/2C21H29N3OS/c2*1-2-6-24-11-14(12-26-13-16(25)9-22)7-18-17-4-3-5-19-21(17)15(10-23-19)8-20(18)24/h2*3-5,10,14,18,20,23H,2,6-9,11-13,22H2,1H3/t2*14-,18-,20-/m11/s1. The fraction of sp³-hybridized carbons (Fsp3) is 0.571. The minimum absolute atomic E-state index is 0.161. The number of Topliss-reactive ketones (excluding diaryl/α,β-unsaturated/α-hetero) is 2. The number of nitrogens with two attached hydrogens (primary N) is 2. The molecule has 2 fully saturated rings. The highest BCUT2D eigenvalue weighted by atomic mass is 32.2. The Morgan fingerprint density at radius 1 is 0.712 bits per heavy atom. The van der Waals surface area contributed by atoms with Crippen molar-refractivity contribution in [3.05, 3.63) is 71.0 Å². The highest BCUT2D eigenvalue weighted by molar-refractivity contribution is 8.00. The molecule has 0 unspecified atom stereocenters. The minimum atomic E-state index is 0.161. The van der Waals surface area contributed by atoms with Crippen molar-refractivity contribution in [2.45, 2.75) is 76.3 Å². The van der Waals surface area contributed by atoms with Crippen molar-refractivity contribution in [3.8, 4) is 0 Å². The first-order valence-corrected chi connectivity index (χ1v) is 22.0. The number of benzene rings is 2. The van der Waals surface area contributed by atoms with E-state index in [1.54, 1.807) is 23.5 Å². The van der Waals surface area contributed by atoms with E-state index in [0.29, 0.717) is 47.3 Å². The smallest absolute Gasteiger partial charge is 0.156 e. The van der Waals surface area contributed by atoms with Crippen LogP contribution < -0.4 is 11.5 Å². The van der Waals surface area contributed by atoms with Gasteiger partial charge in [-0.3, -0.25) is 19.4 Å². The van der Waals surface area contributed by atoms with Crippen LogP contribution in [-0.2, 0) is 22.4 Å². The number of fused-ring (bicyclic) bond motifs is 4. The van der Waals surface area contributed by atoms with Gasteiger partial charge < -0.3 is 21.4 Å². The molecule has 4 aromatic rings. The summed E-state index contributed by atoms with van der Waals surface area (Å²) >= 11 is 3.54. The van der Waals surface area contributed by atoms with Gasteiger partial charge in [0.25, 0.3) is 0 Å². The quantitative estimate of drug-likeness (QED) is 0.118. The zero-order chi connectivity index (χ0) is 36.2. The lowest BCUT2D eigenvalue weighted by atomic mass is 9.72. The molecule has 0 spiro atoms. The van der Waals surface area contributed by atoms with Gasteiger partial charge in [-0.05, 0) is 109 Å². The maximum atomic E-state index is 11.5. The van der Waals surface area contributed by atoms with E-state index in [-0.39, 0.29) is 24.7 Å². The van der Waals surface area contributed by atoms with Crippen LogP contribution in [0.15, 0.2) is 48.8 Å². The van der Waals surface area contributed by atoms with Gasteiger partial charge >= 0.3 is 0 Å². The summed E-state index contributed by atoms with van der Waals surface area (Å²) in [5.41, 5.74) is 19.5. The Balaban J connectivity index is 0.000000162. The molecule has 0 amide bonds. The molecule has 6 N–H and O–H groups in total. The number of aromatic nitrogens is 2. The monoisotopic (exact) mass is 742 g/mol. The van der Waals surface area contributed by atoms with Gasteiger partial charge in [0.15, 0.2) is 11.6 Å². The van der Waals surface area contributed by atoms with Crippen LogP contribution >= 0.6 is 23.5 Å². The molecule has 0 bridgehead atoms. The molecule has 4 aliphatic rings. The fourth-order valence-corrected chi connectivity index (χ4v) is 12.0. The Labute approximate surface area is 318 Å². The van der Waals surface area contributed by atoms with Crippen molar-refractivity contribution >= 4 is 56.9 Å². The lowest BCUT2D eigenvalue weighted by Gasteiger charge is -2.47. The molecule has 280 valence electrons. The van der Waals surface area contributed by atoms with Crippen molar-refractivity contribution in [1.82, 2.24) is 19.8 Å². The predicted molar refractivity (Wildman–Crippen MR) is 220 cm³/mol. The van der Waals surface area contributed by atoms with Gasteiger partial charge in [-0.1, -0.05) is 38.1 Å². The van der Waals surface area contributed by atoms with E-state index < -0.39 is 0 Å². The first-order chi connectivity index (χ1) is 25.4. The van der Waals surface area contributed by atoms with Gasteiger partial charge in [-0.2, -0.15) is 23.5 Å². The summed E-state index contributed by atoms with van der Waals surface area (Å²) in [5.74, 6) is 6.08. The molecule has 6 atom stereocenters. The summed E-state index contributed by atoms with van der Waals surface area (Å²) in [5, 5.41) is 2.94. The first-order valence-electron chi connectivity index (χ1n) is 19.7. The number of hydrogen-bond donors (Lipinski definition) is 4. The van der Waals surface area contributed by atoms with E-state index in [9.17, 15) is 9.59 Å². The highest BCUT2D eigenvalue weighted by Gasteiger charge is 2.41. The number of nitrogens with one attached hydrogen (secondary N) is 2. The summed E-state index contributed by atoms with van der Waals surface area (Å²) in [6, 6.07) is 14.7. The molecule has 2 aliphatic heterocycles. The Kier molecular flexibility index (Phi) is 12.5. The van der Waals surface area contributed by atoms with Crippen LogP contribution in [0.5, 0.6) is 0 Å². The lowest BCUT2D eigenvalue weighted by molar-refractivity contribution is -0.116. The third-order valence-electron chi connectivity index (χ3n) is 12.0. The van der Waals surface area contributed by atoms with E-state index in [1.165, 1.54) is 82.8 Å². The average Bonchev–Trinajstić information content (AvgIpc) is 3.78. The third kappa shape index (κ3) is 7.94. The number of piperidine rings is 2. The molecule has 2 aromatic carbocycles. The minimum Gasteiger partial charge on any atom is -0.361 e. The van der Waals surface area contributed by atoms with E-state index in [0.717, 1.165) is 37.4 Å². The number of likely N-dealkylation sites (tertiary alicyclic amines) is 2. The number of H-pyrrole nitrogens is 2. The van der Waals surface area contributed by atoms with Crippen molar-refractivity contribution in [1.29, 1.82) is 0 Å². The molecule has 8 nitrogen and oxygen atoms in total. The summed E-state index contributed by atoms with van der Waals surface area (Å²) in [7, 11) is 0. The molecule has 10 heteroatoms. The Bertz CT molecular complexity index is 1710. The summed E-state index contributed by atoms with van der Waals surface area (Å²) in [4.78, 5) is 35.4. The van der Waals surface area contributed by atoms with Crippen LogP contribution in [0.4, 0.5) is 0 Å². The normalized spacial score (nSPS) is 25.4. The number of rotatable bonds is 14. The first kappa shape index (κ1) is 37.7. The second kappa shape index (κ2) is 17.2. The number of aromatic amines is 2. The molecular formula is C42H58N6O2S2. The SMILES string of the molecule is CCCN1C[C@H](CSCC(=O)CN)C[C@@H]2c3cccc4[nH]cc(c34)C[C@H]21.CCCN1C[C@H](CSCC(=O)CN)C[C@@H]2c3cccc4[nH]cc(c34)C[C@H]21. The number of carbonyl (C=O) groups is 2. The maximum Gasteiger partial charge on any atom is 0.156 e.